The van der Waals surface area contributed by atoms with Crippen LogP contribution in [-0.4, -0.2) is 64.9 Å². The molecule has 0 aliphatic carbocycles. The molecule has 1 aliphatic rings. The van der Waals surface area contributed by atoms with Gasteiger partial charge in [0.15, 0.2) is 0 Å². The van der Waals surface area contributed by atoms with E-state index >= 15 is 0 Å². The number of carboxylic acid groups (broad SMARTS) is 2. The van der Waals surface area contributed by atoms with Crippen molar-refractivity contribution in [2.75, 3.05) is 19.7 Å². The van der Waals surface area contributed by atoms with Gasteiger partial charge in [-0.05, 0) is 26.2 Å². The third kappa shape index (κ3) is 5.99. The first-order chi connectivity index (χ1) is 9.93. The highest BCUT2D eigenvalue weighted by atomic mass is 16.5. The normalized spacial score (nSPS) is 19.9. The molecule has 120 valence electrons. The maximum absolute atomic E-state index is 12.1. The van der Waals surface area contributed by atoms with Crippen LogP contribution in [0, 0.1) is 0 Å². The van der Waals surface area contributed by atoms with E-state index in [1.54, 1.807) is 0 Å². The summed E-state index contributed by atoms with van der Waals surface area (Å²) in [5.41, 5.74) is 0. The Morgan fingerprint density at radius 1 is 1.38 bits per heavy atom. The minimum atomic E-state index is -1.23. The number of carbonyl (C=O) groups is 3. The summed E-state index contributed by atoms with van der Waals surface area (Å²) in [6.07, 6.45) is 1.19. The number of amides is 2. The van der Waals surface area contributed by atoms with Crippen molar-refractivity contribution in [2.24, 2.45) is 0 Å². The molecular weight excluding hydrogens is 280 g/mol. The smallest absolute Gasteiger partial charge is 0.326 e. The highest BCUT2D eigenvalue weighted by Gasteiger charge is 2.27. The van der Waals surface area contributed by atoms with Crippen molar-refractivity contribution in [3.8, 4) is 0 Å². The molecule has 21 heavy (non-hydrogen) atoms. The van der Waals surface area contributed by atoms with Crippen molar-refractivity contribution >= 4 is 18.0 Å². The molecule has 0 spiro atoms. The Morgan fingerprint density at radius 2 is 2.10 bits per heavy atom. The Morgan fingerprint density at radius 3 is 2.67 bits per heavy atom. The maximum Gasteiger partial charge on any atom is 0.326 e. The van der Waals surface area contributed by atoms with Crippen molar-refractivity contribution in [2.45, 2.75) is 44.8 Å². The molecule has 0 aromatic carbocycles. The fraction of sp³-hybridized carbons (Fsp3) is 0.769. The van der Waals surface area contributed by atoms with Crippen LogP contribution in [0.15, 0.2) is 0 Å². The predicted octanol–water partition coefficient (Wildman–Crippen LogP) is 0.515. The number of carbonyl (C=O) groups excluding carboxylic acids is 1. The van der Waals surface area contributed by atoms with Crippen LogP contribution in [0.2, 0.25) is 0 Å². The van der Waals surface area contributed by atoms with Gasteiger partial charge in [-0.3, -0.25) is 4.79 Å². The number of urea groups is 1. The number of nitrogens with one attached hydrogen (secondary N) is 1. The minimum absolute atomic E-state index is 0.0307. The highest BCUT2D eigenvalue weighted by Crippen LogP contribution is 2.13. The lowest BCUT2D eigenvalue weighted by Gasteiger charge is -2.33. The summed E-state index contributed by atoms with van der Waals surface area (Å²) in [6.45, 7) is 3.41. The Bertz CT molecular complexity index is 385. The van der Waals surface area contributed by atoms with Gasteiger partial charge in [0.1, 0.15) is 6.04 Å². The number of ether oxygens (including phenoxy) is 1. The second-order valence-electron chi connectivity index (χ2n) is 4.94. The monoisotopic (exact) mass is 302 g/mol. The maximum atomic E-state index is 12.1. The molecule has 0 bridgehead atoms. The standard InChI is InChI=1S/C13H22N2O6/c1-2-21-9-4-3-7-15(8-9)13(20)14-10(12(18)19)5-6-11(16)17/h9-10H,2-8H2,1H3,(H,14,20)(H,16,17)(H,18,19). The van der Waals surface area contributed by atoms with E-state index in [2.05, 4.69) is 5.32 Å². The molecule has 1 heterocycles. The van der Waals surface area contributed by atoms with E-state index in [1.807, 2.05) is 6.92 Å². The van der Waals surface area contributed by atoms with E-state index in [9.17, 15) is 14.4 Å². The molecule has 0 radical (unpaired) electrons. The highest BCUT2D eigenvalue weighted by molar-refractivity contribution is 5.83. The molecule has 0 aromatic rings. The molecule has 2 amide bonds. The zero-order valence-corrected chi connectivity index (χ0v) is 12.1. The number of carboxylic acids is 2. The van der Waals surface area contributed by atoms with Crippen LogP contribution in [0.5, 0.6) is 0 Å². The summed E-state index contributed by atoms with van der Waals surface area (Å²) in [5.74, 6) is -2.33. The number of hydrogen-bond acceptors (Lipinski definition) is 4. The summed E-state index contributed by atoms with van der Waals surface area (Å²) in [6, 6.07) is -1.68. The van der Waals surface area contributed by atoms with E-state index in [1.165, 1.54) is 4.90 Å². The molecule has 0 aromatic heterocycles. The van der Waals surface area contributed by atoms with Crippen LogP contribution < -0.4 is 5.32 Å². The van der Waals surface area contributed by atoms with Crippen LogP contribution in [0.3, 0.4) is 0 Å². The lowest BCUT2D eigenvalue weighted by molar-refractivity contribution is -0.140. The number of likely N-dealkylation sites (tertiary alicyclic amines) is 1. The zero-order chi connectivity index (χ0) is 15.8. The topological polar surface area (TPSA) is 116 Å². The third-order valence-corrected chi connectivity index (χ3v) is 3.31. The van der Waals surface area contributed by atoms with Gasteiger partial charge < -0.3 is 25.2 Å². The van der Waals surface area contributed by atoms with Gasteiger partial charge in [0.2, 0.25) is 0 Å². The van der Waals surface area contributed by atoms with E-state index in [0.29, 0.717) is 19.7 Å². The fourth-order valence-electron chi connectivity index (χ4n) is 2.26. The van der Waals surface area contributed by atoms with Gasteiger partial charge in [-0.25, -0.2) is 9.59 Å². The van der Waals surface area contributed by atoms with Crippen LogP contribution in [-0.2, 0) is 14.3 Å². The lowest BCUT2D eigenvalue weighted by Crippen LogP contribution is -2.52. The predicted molar refractivity (Wildman–Crippen MR) is 73.0 cm³/mol. The first-order valence-electron chi connectivity index (χ1n) is 7.05. The molecule has 2 atom stereocenters. The van der Waals surface area contributed by atoms with E-state index in [4.69, 9.17) is 14.9 Å². The van der Waals surface area contributed by atoms with Crippen LogP contribution in [0.4, 0.5) is 4.79 Å². The SMILES string of the molecule is CCOC1CCCN(C(=O)NC(CCC(=O)O)C(=O)O)C1. The van der Waals surface area contributed by atoms with E-state index < -0.39 is 24.0 Å². The Balaban J connectivity index is 2.52. The average molecular weight is 302 g/mol. The third-order valence-electron chi connectivity index (χ3n) is 3.31. The van der Waals surface area contributed by atoms with Crippen molar-refractivity contribution in [1.29, 1.82) is 0 Å². The molecule has 2 unspecified atom stereocenters. The van der Waals surface area contributed by atoms with Gasteiger partial charge >= 0.3 is 18.0 Å². The first-order valence-corrected chi connectivity index (χ1v) is 7.05. The molecular formula is C13H22N2O6. The summed E-state index contributed by atoms with van der Waals surface area (Å²) in [4.78, 5) is 35.1. The van der Waals surface area contributed by atoms with Gasteiger partial charge in [-0.2, -0.15) is 0 Å². The van der Waals surface area contributed by atoms with Gasteiger partial charge in [0.25, 0.3) is 0 Å². The summed E-state index contributed by atoms with van der Waals surface area (Å²) in [7, 11) is 0. The second kappa shape index (κ2) is 8.46. The molecule has 1 aliphatic heterocycles. The summed E-state index contributed by atoms with van der Waals surface area (Å²) < 4.78 is 5.48. The van der Waals surface area contributed by atoms with Crippen LogP contribution in [0.1, 0.15) is 32.6 Å². The van der Waals surface area contributed by atoms with E-state index in [0.717, 1.165) is 12.8 Å². The fourth-order valence-corrected chi connectivity index (χ4v) is 2.26. The van der Waals surface area contributed by atoms with Gasteiger partial charge in [-0.1, -0.05) is 0 Å². The van der Waals surface area contributed by atoms with Crippen molar-refractivity contribution in [3.05, 3.63) is 0 Å². The first kappa shape index (κ1) is 17.2. The summed E-state index contributed by atoms with van der Waals surface area (Å²) >= 11 is 0. The van der Waals surface area contributed by atoms with Crippen LogP contribution in [0.25, 0.3) is 0 Å². The van der Waals surface area contributed by atoms with Gasteiger partial charge in [0.05, 0.1) is 6.10 Å². The largest absolute Gasteiger partial charge is 0.481 e. The molecule has 0 saturated carbocycles. The van der Waals surface area contributed by atoms with Crippen LogP contribution >= 0.6 is 0 Å². The number of piperidine rings is 1. The minimum Gasteiger partial charge on any atom is -0.481 e. The number of nitrogens with zero attached hydrogens (tertiary/aromatic N) is 1. The average Bonchev–Trinajstić information content (AvgIpc) is 2.43. The number of hydrogen-bond donors (Lipinski definition) is 3. The van der Waals surface area contributed by atoms with Gasteiger partial charge in [-0.15, -0.1) is 0 Å². The van der Waals surface area contributed by atoms with E-state index in [-0.39, 0.29) is 18.9 Å². The lowest BCUT2D eigenvalue weighted by atomic mass is 10.1. The van der Waals surface area contributed by atoms with Crippen molar-refractivity contribution in [1.82, 2.24) is 10.2 Å². The van der Waals surface area contributed by atoms with Crippen molar-refractivity contribution < 1.29 is 29.3 Å². The second-order valence-corrected chi connectivity index (χ2v) is 4.94. The number of aliphatic carboxylic acids is 2. The molecule has 1 rings (SSSR count). The Labute approximate surface area is 123 Å². The van der Waals surface area contributed by atoms with Gasteiger partial charge in [0, 0.05) is 26.1 Å². The number of rotatable bonds is 7. The molecule has 3 N–H and O–H groups in total. The molecule has 8 nitrogen and oxygen atoms in total. The Kier molecular flexibility index (Phi) is 6.93. The quantitative estimate of drug-likeness (QED) is 0.631. The van der Waals surface area contributed by atoms with Crippen molar-refractivity contribution in [3.63, 3.8) is 0 Å². The summed E-state index contributed by atoms with van der Waals surface area (Å²) in [5, 5.41) is 20.0. The Hall–Kier alpha value is -1.83. The molecule has 8 heteroatoms. The molecule has 1 saturated heterocycles. The molecule has 1 fully saturated rings. The zero-order valence-electron chi connectivity index (χ0n) is 12.1.